The van der Waals surface area contributed by atoms with Crippen LogP contribution in [-0.4, -0.2) is 64.1 Å². The van der Waals surface area contributed by atoms with E-state index in [4.69, 9.17) is 59.3 Å². The van der Waals surface area contributed by atoms with Crippen molar-refractivity contribution in [3.8, 4) is 44.8 Å². The highest BCUT2D eigenvalue weighted by molar-refractivity contribution is 6.69. The third-order valence-corrected chi connectivity index (χ3v) is 12.9. The molecule has 64 heavy (non-hydrogen) atoms. The van der Waals surface area contributed by atoms with E-state index in [2.05, 4.69) is 95.6 Å². The van der Waals surface area contributed by atoms with E-state index in [9.17, 15) is 0 Å². The molecule has 0 fully saturated rings. The summed E-state index contributed by atoms with van der Waals surface area (Å²) in [5.41, 5.74) is 13.8. The van der Waals surface area contributed by atoms with Gasteiger partial charge in [0.25, 0.3) is 0 Å². The summed E-state index contributed by atoms with van der Waals surface area (Å²) in [6, 6.07) is 55.8. The van der Waals surface area contributed by atoms with Crippen LogP contribution in [0.5, 0.6) is 0 Å². The van der Waals surface area contributed by atoms with Crippen LogP contribution in [0.25, 0.3) is 110 Å². The zero-order chi connectivity index (χ0) is 43.5. The third-order valence-electron chi connectivity index (χ3n) is 12.9. The molecule has 3 heterocycles. The molecule has 0 unspecified atom stereocenters. The minimum atomic E-state index is 0.168. The molecule has 12 aromatic rings. The van der Waals surface area contributed by atoms with E-state index in [1.807, 2.05) is 77.4 Å². The van der Waals surface area contributed by atoms with Crippen molar-refractivity contribution in [1.29, 1.82) is 0 Å². The summed E-state index contributed by atoms with van der Waals surface area (Å²) in [5.74, 6) is 0. The largest absolute Gasteiger partial charge is 0.454 e. The highest BCUT2D eigenvalue weighted by atomic mass is 16.3. The Morgan fingerprint density at radius 2 is 0.953 bits per heavy atom. The highest BCUT2D eigenvalue weighted by Gasteiger charge is 2.26. The fourth-order valence-corrected chi connectivity index (χ4v) is 9.95. The van der Waals surface area contributed by atoms with Crippen LogP contribution < -0.4 is 38.2 Å². The summed E-state index contributed by atoms with van der Waals surface area (Å²) in [6.07, 6.45) is 0. The number of rotatable bonds is 5. The van der Waals surface area contributed by atoms with Gasteiger partial charge in [0.15, 0.2) is 5.58 Å². The van der Waals surface area contributed by atoms with Gasteiger partial charge in [0.1, 0.15) is 60.5 Å². The van der Waals surface area contributed by atoms with Crippen LogP contribution in [-0.2, 0) is 0 Å². The molecule has 0 amide bonds. The second-order valence-electron chi connectivity index (χ2n) is 16.4. The monoisotopic (exact) mass is 796 g/mol. The average molecular weight is 796 g/mol. The van der Waals surface area contributed by atoms with Crippen molar-refractivity contribution in [2.45, 2.75) is 0 Å². The summed E-state index contributed by atoms with van der Waals surface area (Å²) in [6.45, 7) is 0. The number of aromatic nitrogens is 2. The number of benzene rings is 9. The molecule has 0 atom stereocenters. The van der Waals surface area contributed by atoms with Gasteiger partial charge in [-0.3, -0.25) is 0 Å². The topological polar surface area (TPSA) is 23.0 Å². The van der Waals surface area contributed by atoms with Crippen molar-refractivity contribution in [2.24, 2.45) is 0 Å². The molecule has 0 aliphatic rings. The SMILES string of the molecule is [B]c1c([B])c([B])c2c(c1[B])c1c([B])c(-c3ccc4c(c3)c3c(-c5ccccc5)cccc3n4-c3cccc4c3oc3ccccc34)c([B])c([B])c1n2-c1ccc(-c2ccccc2)cc1. The Morgan fingerprint density at radius 3 is 1.70 bits per heavy atom. The standard InChI is InChI=1S/C54H27B7N2O/c55-45-41(46(56)50(60)52-43(45)44-47(57)48(58)49(59)51(61)53(44)62(52)32-24-21-29(22-25-32)28-11-3-1-4-12-28)31-23-26-37-36(27-31)42-33(30-13-5-2-6-14-30)16-9-18-38(42)63(37)39-19-10-17-35-34-15-7-8-20-40(34)64-54(35)39/h1-27H. The number of nitrogens with zero attached hydrogens (tertiary/aromatic N) is 2. The lowest BCUT2D eigenvalue weighted by molar-refractivity contribution is 0.666. The Kier molecular flexibility index (Phi) is 8.69. The van der Waals surface area contributed by atoms with E-state index in [1.165, 1.54) is 0 Å². The second kappa shape index (κ2) is 14.4. The molecule has 0 aliphatic heterocycles. The first kappa shape index (κ1) is 38.5. The fourth-order valence-electron chi connectivity index (χ4n) is 9.95. The molecule has 3 nitrogen and oxygen atoms in total. The fraction of sp³-hybridized carbons (Fsp3) is 0. The Hall–Kier alpha value is -7.17. The van der Waals surface area contributed by atoms with Crippen molar-refractivity contribution in [3.05, 3.63) is 164 Å². The molecule has 9 aromatic carbocycles. The lowest BCUT2D eigenvalue weighted by Gasteiger charge is -2.19. The van der Waals surface area contributed by atoms with E-state index in [-0.39, 0.29) is 21.9 Å². The van der Waals surface area contributed by atoms with Crippen LogP contribution in [0.2, 0.25) is 0 Å². The molecule has 10 heteroatoms. The molecule has 12 rings (SSSR count). The van der Waals surface area contributed by atoms with Gasteiger partial charge < -0.3 is 13.6 Å². The zero-order valence-corrected chi connectivity index (χ0v) is 34.4. The van der Waals surface area contributed by atoms with Gasteiger partial charge in [-0.25, -0.2) is 0 Å². The number of hydrogen-bond donors (Lipinski definition) is 0. The molecular formula is C54H27B7N2O. The molecule has 14 radical (unpaired) electrons. The van der Waals surface area contributed by atoms with E-state index < -0.39 is 0 Å². The molecule has 0 saturated heterocycles. The molecule has 0 saturated carbocycles. The van der Waals surface area contributed by atoms with Gasteiger partial charge >= 0.3 is 0 Å². The number of furan rings is 1. The quantitative estimate of drug-likeness (QED) is 0.187. The van der Waals surface area contributed by atoms with Crippen LogP contribution >= 0.6 is 0 Å². The van der Waals surface area contributed by atoms with Gasteiger partial charge in [-0.1, -0.05) is 149 Å². The summed E-state index contributed by atoms with van der Waals surface area (Å²) >= 11 is 0. The lowest BCUT2D eigenvalue weighted by Crippen LogP contribution is -2.48. The van der Waals surface area contributed by atoms with Crippen LogP contribution in [0, 0.1) is 0 Å². The number of hydrogen-bond acceptors (Lipinski definition) is 1. The normalized spacial score (nSPS) is 11.9. The molecule has 0 N–H and O–H groups in total. The van der Waals surface area contributed by atoms with E-state index >= 15 is 0 Å². The first-order chi connectivity index (χ1) is 31.2. The first-order valence-corrected chi connectivity index (χ1v) is 21.0. The Morgan fingerprint density at radius 1 is 0.359 bits per heavy atom. The number of fused-ring (bicyclic) bond motifs is 9. The Bertz CT molecular complexity index is 3910. The predicted octanol–water partition coefficient (Wildman–Crippen LogP) is 6.34. The Labute approximate surface area is 379 Å². The van der Waals surface area contributed by atoms with Crippen LogP contribution in [0.3, 0.4) is 0 Å². The maximum absolute atomic E-state index is 7.42. The van der Waals surface area contributed by atoms with Crippen molar-refractivity contribution < 1.29 is 4.42 Å². The van der Waals surface area contributed by atoms with Gasteiger partial charge in [0.05, 0.1) is 16.7 Å². The number of para-hydroxylation sites is 2. The smallest absolute Gasteiger partial charge is 0.159 e. The van der Waals surface area contributed by atoms with Crippen molar-refractivity contribution in [3.63, 3.8) is 0 Å². The average Bonchev–Trinajstić information content (AvgIpc) is 4.01. The van der Waals surface area contributed by atoms with Gasteiger partial charge in [-0.05, 0) is 81.2 Å². The Balaban J connectivity index is 1.15. The molecule has 0 aliphatic carbocycles. The second-order valence-corrected chi connectivity index (χ2v) is 16.4. The van der Waals surface area contributed by atoms with E-state index in [0.29, 0.717) is 43.8 Å². The molecule has 280 valence electrons. The first-order valence-electron chi connectivity index (χ1n) is 21.0. The van der Waals surface area contributed by atoms with Gasteiger partial charge in [0.2, 0.25) is 0 Å². The third kappa shape index (κ3) is 5.45. The molecule has 0 spiro atoms. The minimum Gasteiger partial charge on any atom is -0.454 e. The van der Waals surface area contributed by atoms with Crippen LogP contribution in [0.15, 0.2) is 168 Å². The summed E-state index contributed by atoms with van der Waals surface area (Å²) < 4.78 is 10.8. The minimum absolute atomic E-state index is 0.168. The van der Waals surface area contributed by atoms with Crippen LogP contribution in [0.1, 0.15) is 0 Å². The zero-order valence-electron chi connectivity index (χ0n) is 34.4. The molecule has 3 aromatic heterocycles. The van der Waals surface area contributed by atoms with Crippen molar-refractivity contribution in [2.75, 3.05) is 0 Å². The summed E-state index contributed by atoms with van der Waals surface area (Å²) in [4.78, 5) is 0. The van der Waals surface area contributed by atoms with Gasteiger partial charge in [0, 0.05) is 43.7 Å². The van der Waals surface area contributed by atoms with Crippen molar-refractivity contribution >= 4 is 159 Å². The van der Waals surface area contributed by atoms with Gasteiger partial charge in [-0.15, -0.1) is 10.9 Å². The molecule has 0 bridgehead atoms. The maximum atomic E-state index is 7.42. The molecular weight excluding hydrogens is 768 g/mol. The van der Waals surface area contributed by atoms with Gasteiger partial charge in [-0.2, -0.15) is 0 Å². The summed E-state index contributed by atoms with van der Waals surface area (Å²) in [7, 11) is 48.8. The van der Waals surface area contributed by atoms with E-state index in [0.717, 1.165) is 82.9 Å². The van der Waals surface area contributed by atoms with E-state index in [1.54, 1.807) is 0 Å². The summed E-state index contributed by atoms with van der Waals surface area (Å²) in [5, 5.41) is 5.25. The maximum Gasteiger partial charge on any atom is 0.159 e. The predicted molar refractivity (Wildman–Crippen MR) is 276 cm³/mol. The highest BCUT2D eigenvalue weighted by Crippen LogP contribution is 2.43. The van der Waals surface area contributed by atoms with Crippen molar-refractivity contribution in [1.82, 2.24) is 9.13 Å². The lowest BCUT2D eigenvalue weighted by atomic mass is 9.64. The van der Waals surface area contributed by atoms with Crippen LogP contribution in [0.4, 0.5) is 0 Å².